The Bertz CT molecular complexity index is 1060. The SMILES string of the molecule is N#CC(=Cc1cn[nH]c1-c1ccc(Br)cc1)S(=O)(=O)c1ccccc1. The smallest absolute Gasteiger partial charge is 0.216 e. The zero-order valence-electron chi connectivity index (χ0n) is 12.8. The van der Waals surface area contributed by atoms with Crippen molar-refractivity contribution in [1.82, 2.24) is 10.2 Å². The van der Waals surface area contributed by atoms with E-state index in [-0.39, 0.29) is 9.80 Å². The lowest BCUT2D eigenvalue weighted by atomic mass is 10.1. The minimum atomic E-state index is -3.88. The summed E-state index contributed by atoms with van der Waals surface area (Å²) in [5.74, 6) is 0. The monoisotopic (exact) mass is 413 g/mol. The van der Waals surface area contributed by atoms with Crippen LogP contribution in [0.3, 0.4) is 0 Å². The molecule has 0 fully saturated rings. The second-order valence-electron chi connectivity index (χ2n) is 5.14. The zero-order chi connectivity index (χ0) is 17.9. The summed E-state index contributed by atoms with van der Waals surface area (Å²) in [5.41, 5.74) is 2.00. The van der Waals surface area contributed by atoms with Gasteiger partial charge in [0.15, 0.2) is 0 Å². The van der Waals surface area contributed by atoms with Gasteiger partial charge in [-0.25, -0.2) is 8.42 Å². The number of H-pyrrole nitrogens is 1. The summed E-state index contributed by atoms with van der Waals surface area (Å²) in [6.45, 7) is 0. The Morgan fingerprint density at radius 1 is 1.12 bits per heavy atom. The highest BCUT2D eigenvalue weighted by atomic mass is 79.9. The molecule has 0 spiro atoms. The summed E-state index contributed by atoms with van der Waals surface area (Å²) < 4.78 is 26.2. The molecule has 3 aromatic rings. The molecule has 3 rings (SSSR count). The maximum atomic E-state index is 12.7. The predicted molar refractivity (Wildman–Crippen MR) is 98.9 cm³/mol. The van der Waals surface area contributed by atoms with Gasteiger partial charge in [-0.15, -0.1) is 0 Å². The molecule has 124 valence electrons. The van der Waals surface area contributed by atoms with Crippen molar-refractivity contribution in [2.45, 2.75) is 4.90 Å². The van der Waals surface area contributed by atoms with Crippen molar-refractivity contribution in [2.24, 2.45) is 0 Å². The maximum absolute atomic E-state index is 12.7. The number of benzene rings is 2. The predicted octanol–water partition coefficient (Wildman–Crippen LogP) is 4.18. The molecule has 0 saturated carbocycles. The standard InChI is InChI=1S/C18H12BrN3O2S/c19-15-8-6-13(7-9-15)18-14(12-21-22-18)10-17(11-20)25(23,24)16-4-2-1-3-5-16/h1-10,12H,(H,21,22). The van der Waals surface area contributed by atoms with Crippen LogP contribution >= 0.6 is 15.9 Å². The van der Waals surface area contributed by atoms with Crippen LogP contribution in [0.2, 0.25) is 0 Å². The van der Waals surface area contributed by atoms with Gasteiger partial charge >= 0.3 is 0 Å². The number of aromatic nitrogens is 2. The maximum Gasteiger partial charge on any atom is 0.216 e. The first-order valence-electron chi connectivity index (χ1n) is 7.23. The van der Waals surface area contributed by atoms with Crippen LogP contribution in [0.4, 0.5) is 0 Å². The van der Waals surface area contributed by atoms with E-state index in [4.69, 9.17) is 0 Å². The van der Waals surface area contributed by atoms with Crippen LogP contribution in [0.25, 0.3) is 17.3 Å². The van der Waals surface area contributed by atoms with Crippen molar-refractivity contribution < 1.29 is 8.42 Å². The average molecular weight is 414 g/mol. The minimum Gasteiger partial charge on any atom is -0.277 e. The number of nitrogens with one attached hydrogen (secondary N) is 1. The first-order valence-corrected chi connectivity index (χ1v) is 9.51. The number of sulfone groups is 1. The lowest BCUT2D eigenvalue weighted by Crippen LogP contribution is -2.03. The van der Waals surface area contributed by atoms with Crippen molar-refractivity contribution in [3.05, 3.63) is 75.7 Å². The van der Waals surface area contributed by atoms with Gasteiger partial charge in [-0.05, 0) is 30.3 Å². The number of hydrogen-bond donors (Lipinski definition) is 1. The minimum absolute atomic E-state index is 0.0801. The Labute approximate surface area is 153 Å². The van der Waals surface area contributed by atoms with Gasteiger partial charge in [-0.1, -0.05) is 46.3 Å². The molecule has 2 aromatic carbocycles. The van der Waals surface area contributed by atoms with Gasteiger partial charge in [-0.3, -0.25) is 5.10 Å². The Kier molecular flexibility index (Phi) is 4.83. The number of aromatic amines is 1. The molecule has 0 radical (unpaired) electrons. The van der Waals surface area contributed by atoms with Crippen LogP contribution in [0.1, 0.15) is 5.56 Å². The summed E-state index contributed by atoms with van der Waals surface area (Å²) in [6, 6.07) is 17.2. The van der Waals surface area contributed by atoms with Gasteiger partial charge in [0.2, 0.25) is 9.84 Å². The van der Waals surface area contributed by atoms with E-state index in [1.807, 2.05) is 24.3 Å². The van der Waals surface area contributed by atoms with Crippen LogP contribution in [-0.4, -0.2) is 18.6 Å². The molecule has 0 bridgehead atoms. The molecule has 1 heterocycles. The van der Waals surface area contributed by atoms with Crippen molar-refractivity contribution in [2.75, 3.05) is 0 Å². The molecule has 5 nitrogen and oxygen atoms in total. The van der Waals surface area contributed by atoms with E-state index in [2.05, 4.69) is 26.1 Å². The first kappa shape index (κ1) is 17.1. The van der Waals surface area contributed by atoms with E-state index in [0.29, 0.717) is 11.3 Å². The van der Waals surface area contributed by atoms with Crippen molar-refractivity contribution >= 4 is 31.8 Å². The number of rotatable bonds is 4. The van der Waals surface area contributed by atoms with E-state index >= 15 is 0 Å². The Hall–Kier alpha value is -2.69. The number of nitriles is 1. The van der Waals surface area contributed by atoms with Crippen LogP contribution in [0.15, 0.2) is 75.1 Å². The molecule has 0 unspecified atom stereocenters. The largest absolute Gasteiger partial charge is 0.277 e. The fourth-order valence-corrected chi connectivity index (χ4v) is 3.73. The fraction of sp³-hybridized carbons (Fsp3) is 0. The van der Waals surface area contributed by atoms with Crippen LogP contribution < -0.4 is 0 Å². The van der Waals surface area contributed by atoms with Crippen LogP contribution in [0, 0.1) is 11.3 Å². The molecular formula is C18H12BrN3O2S. The number of halogens is 1. The van der Waals surface area contributed by atoms with Gasteiger partial charge < -0.3 is 0 Å². The Morgan fingerprint density at radius 3 is 2.44 bits per heavy atom. The Morgan fingerprint density at radius 2 is 1.80 bits per heavy atom. The number of allylic oxidation sites excluding steroid dienone is 1. The summed E-state index contributed by atoms with van der Waals surface area (Å²) >= 11 is 3.37. The average Bonchev–Trinajstić information content (AvgIpc) is 3.09. The van der Waals surface area contributed by atoms with Gasteiger partial charge in [0.05, 0.1) is 16.8 Å². The molecule has 1 N–H and O–H groups in total. The summed E-state index contributed by atoms with van der Waals surface area (Å²) in [4.78, 5) is -0.255. The molecule has 0 aliphatic heterocycles. The van der Waals surface area contributed by atoms with Gasteiger partial charge in [-0.2, -0.15) is 10.4 Å². The van der Waals surface area contributed by atoms with E-state index in [1.54, 1.807) is 24.3 Å². The summed E-state index contributed by atoms with van der Waals surface area (Å²) in [5, 5.41) is 16.2. The van der Waals surface area contributed by atoms with E-state index < -0.39 is 9.84 Å². The highest BCUT2D eigenvalue weighted by molar-refractivity contribution is 9.10. The lowest BCUT2D eigenvalue weighted by Gasteiger charge is -2.04. The highest BCUT2D eigenvalue weighted by Crippen LogP contribution is 2.27. The van der Waals surface area contributed by atoms with Crippen molar-refractivity contribution in [3.8, 4) is 17.3 Å². The molecular weight excluding hydrogens is 402 g/mol. The normalized spacial score (nSPS) is 11.9. The first-order chi connectivity index (χ1) is 12.0. The molecule has 0 aliphatic carbocycles. The third-order valence-electron chi connectivity index (χ3n) is 3.54. The molecule has 0 amide bonds. The third kappa shape index (κ3) is 3.55. The van der Waals surface area contributed by atoms with Crippen molar-refractivity contribution in [3.63, 3.8) is 0 Å². The topological polar surface area (TPSA) is 86.6 Å². The number of hydrogen-bond acceptors (Lipinski definition) is 4. The van der Waals surface area contributed by atoms with Gasteiger partial charge in [0.25, 0.3) is 0 Å². The zero-order valence-corrected chi connectivity index (χ0v) is 15.3. The van der Waals surface area contributed by atoms with Crippen molar-refractivity contribution in [1.29, 1.82) is 5.26 Å². The fourth-order valence-electron chi connectivity index (χ4n) is 2.29. The van der Waals surface area contributed by atoms with E-state index in [1.165, 1.54) is 24.4 Å². The summed E-state index contributed by atoms with van der Waals surface area (Å²) in [7, 11) is -3.88. The summed E-state index contributed by atoms with van der Waals surface area (Å²) in [6.07, 6.45) is 2.83. The third-order valence-corrected chi connectivity index (χ3v) is 5.75. The van der Waals surface area contributed by atoms with Gasteiger partial charge in [0, 0.05) is 15.6 Å². The van der Waals surface area contributed by atoms with Gasteiger partial charge in [0.1, 0.15) is 11.0 Å². The molecule has 0 aliphatic rings. The lowest BCUT2D eigenvalue weighted by molar-refractivity contribution is 0.603. The molecule has 1 aromatic heterocycles. The Balaban J connectivity index is 2.07. The molecule has 0 atom stereocenters. The second kappa shape index (κ2) is 7.05. The van der Waals surface area contributed by atoms with E-state index in [9.17, 15) is 13.7 Å². The highest BCUT2D eigenvalue weighted by Gasteiger charge is 2.21. The van der Waals surface area contributed by atoms with E-state index in [0.717, 1.165) is 10.0 Å². The molecule has 25 heavy (non-hydrogen) atoms. The second-order valence-corrected chi connectivity index (χ2v) is 7.98. The molecule has 7 heteroatoms. The molecule has 0 saturated heterocycles. The number of nitrogens with zero attached hydrogens (tertiary/aromatic N) is 2. The van der Waals surface area contributed by atoms with Crippen LogP contribution in [-0.2, 0) is 9.84 Å². The quantitative estimate of drug-likeness (QED) is 0.649. The van der Waals surface area contributed by atoms with Crippen LogP contribution in [0.5, 0.6) is 0 Å².